The number of hydrogen-bond donors (Lipinski definition) is 1. The zero-order valence-corrected chi connectivity index (χ0v) is 7.97. The van der Waals surface area contributed by atoms with Crippen molar-refractivity contribution in [1.29, 1.82) is 0 Å². The molecular weight excluding hydrogens is 196 g/mol. The van der Waals surface area contributed by atoms with Crippen molar-refractivity contribution in [3.63, 3.8) is 0 Å². The highest BCUT2D eigenvalue weighted by Gasteiger charge is 2.04. The fourth-order valence-electron chi connectivity index (χ4n) is 1.20. The standard InChI is InChI=1S/C10H9ClN2.CH4/c1-7-6-12-10(13-7)8-4-2-3-5-9(8)11;/h2-6H,1H3,(H,12,13);1H4. The van der Waals surface area contributed by atoms with Crippen LogP contribution >= 0.6 is 11.6 Å². The van der Waals surface area contributed by atoms with E-state index in [-0.39, 0.29) is 7.43 Å². The largest absolute Gasteiger partial charge is 0.342 e. The van der Waals surface area contributed by atoms with Crippen molar-refractivity contribution in [2.45, 2.75) is 14.4 Å². The number of H-pyrrole nitrogens is 1. The Balaban J connectivity index is 0.000000980. The molecule has 0 aliphatic carbocycles. The van der Waals surface area contributed by atoms with Gasteiger partial charge in [0.15, 0.2) is 0 Å². The number of nitrogens with one attached hydrogen (secondary N) is 1. The molecule has 14 heavy (non-hydrogen) atoms. The topological polar surface area (TPSA) is 28.7 Å². The fourth-order valence-corrected chi connectivity index (χ4v) is 1.43. The second-order valence-corrected chi connectivity index (χ2v) is 3.30. The molecule has 0 spiro atoms. The molecule has 1 aromatic carbocycles. The second-order valence-electron chi connectivity index (χ2n) is 2.89. The molecule has 0 saturated heterocycles. The van der Waals surface area contributed by atoms with Gasteiger partial charge in [-0.2, -0.15) is 0 Å². The number of aryl methyl sites for hydroxylation is 1. The van der Waals surface area contributed by atoms with Crippen molar-refractivity contribution in [3.05, 3.63) is 41.2 Å². The molecule has 2 nitrogen and oxygen atoms in total. The number of hydrogen-bond acceptors (Lipinski definition) is 1. The zero-order chi connectivity index (χ0) is 9.26. The lowest BCUT2D eigenvalue weighted by atomic mass is 10.2. The Labute approximate surface area is 89.0 Å². The van der Waals surface area contributed by atoms with Crippen LogP contribution in [0.15, 0.2) is 30.5 Å². The number of nitrogens with zero attached hydrogens (tertiary/aromatic N) is 1. The Bertz CT molecular complexity index is 421. The Hall–Kier alpha value is -1.28. The molecule has 74 valence electrons. The first-order chi connectivity index (χ1) is 6.27. The summed E-state index contributed by atoms with van der Waals surface area (Å²) in [5, 5.41) is 0.719. The van der Waals surface area contributed by atoms with Crippen LogP contribution in [0.25, 0.3) is 11.4 Å². The summed E-state index contributed by atoms with van der Waals surface area (Å²) in [5.74, 6) is 0.822. The SMILES string of the molecule is C.Cc1cnc(-c2ccccc2Cl)[nH]1. The quantitative estimate of drug-likeness (QED) is 0.761. The van der Waals surface area contributed by atoms with Gasteiger partial charge in [0.25, 0.3) is 0 Å². The second kappa shape index (κ2) is 4.29. The summed E-state index contributed by atoms with van der Waals surface area (Å²) in [7, 11) is 0. The molecule has 1 N–H and O–H groups in total. The smallest absolute Gasteiger partial charge is 0.138 e. The van der Waals surface area contributed by atoms with Gasteiger partial charge in [0, 0.05) is 17.5 Å². The monoisotopic (exact) mass is 208 g/mol. The van der Waals surface area contributed by atoms with Crippen LogP contribution in [0.4, 0.5) is 0 Å². The van der Waals surface area contributed by atoms with Crippen molar-refractivity contribution < 1.29 is 0 Å². The molecule has 3 heteroatoms. The summed E-state index contributed by atoms with van der Waals surface area (Å²) >= 11 is 6.01. The minimum atomic E-state index is 0. The van der Waals surface area contributed by atoms with Crippen LogP contribution in [0.5, 0.6) is 0 Å². The van der Waals surface area contributed by atoms with E-state index in [0.29, 0.717) is 0 Å². The average Bonchev–Trinajstić information content (AvgIpc) is 2.53. The first-order valence-electron chi connectivity index (χ1n) is 4.04. The molecule has 1 heterocycles. The molecule has 0 saturated carbocycles. The molecule has 1 aromatic heterocycles. The van der Waals surface area contributed by atoms with Gasteiger partial charge in [0.1, 0.15) is 5.82 Å². The third-order valence-corrected chi connectivity index (χ3v) is 2.16. The lowest BCUT2D eigenvalue weighted by Crippen LogP contribution is -1.81. The normalized spacial score (nSPS) is 9.57. The van der Waals surface area contributed by atoms with E-state index in [2.05, 4.69) is 9.97 Å². The molecule has 0 aliphatic rings. The number of aromatic amines is 1. The highest BCUT2D eigenvalue weighted by Crippen LogP contribution is 2.24. The van der Waals surface area contributed by atoms with Crippen LogP contribution in [0.2, 0.25) is 5.02 Å². The fraction of sp³-hybridized carbons (Fsp3) is 0.182. The van der Waals surface area contributed by atoms with Crippen molar-refractivity contribution in [2.75, 3.05) is 0 Å². The molecule has 0 aliphatic heterocycles. The predicted octanol–water partition coefficient (Wildman–Crippen LogP) is 3.67. The maximum Gasteiger partial charge on any atom is 0.138 e. The molecule has 2 aromatic rings. The summed E-state index contributed by atoms with van der Waals surface area (Å²) < 4.78 is 0. The van der Waals surface area contributed by atoms with Gasteiger partial charge in [-0.25, -0.2) is 4.98 Å². The lowest BCUT2D eigenvalue weighted by Gasteiger charge is -1.98. The number of halogens is 1. The third-order valence-electron chi connectivity index (χ3n) is 1.83. The van der Waals surface area contributed by atoms with Gasteiger partial charge in [-0.05, 0) is 19.1 Å². The van der Waals surface area contributed by atoms with Gasteiger partial charge in [-0.15, -0.1) is 0 Å². The van der Waals surface area contributed by atoms with Gasteiger partial charge in [-0.1, -0.05) is 31.2 Å². The zero-order valence-electron chi connectivity index (χ0n) is 7.21. The van der Waals surface area contributed by atoms with Gasteiger partial charge in [-0.3, -0.25) is 0 Å². The summed E-state index contributed by atoms with van der Waals surface area (Å²) in [6.45, 7) is 1.97. The molecule has 0 fully saturated rings. The lowest BCUT2D eigenvalue weighted by molar-refractivity contribution is 1.26. The number of aromatic nitrogens is 2. The van der Waals surface area contributed by atoms with E-state index < -0.39 is 0 Å². The summed E-state index contributed by atoms with van der Waals surface area (Å²) in [6.07, 6.45) is 1.79. The van der Waals surface area contributed by atoms with E-state index in [9.17, 15) is 0 Å². The molecule has 0 amide bonds. The molecule has 0 radical (unpaired) electrons. The molecule has 0 atom stereocenters. The number of imidazole rings is 1. The van der Waals surface area contributed by atoms with E-state index in [0.717, 1.165) is 22.1 Å². The Kier molecular flexibility index (Phi) is 3.31. The maximum absolute atomic E-state index is 6.01. The molecule has 2 rings (SSSR count). The van der Waals surface area contributed by atoms with Crippen LogP contribution in [0.1, 0.15) is 13.1 Å². The summed E-state index contributed by atoms with van der Waals surface area (Å²) in [6, 6.07) is 7.65. The highest BCUT2D eigenvalue weighted by atomic mass is 35.5. The third kappa shape index (κ3) is 1.96. The molecular formula is C11H13ClN2. The van der Waals surface area contributed by atoms with Crippen molar-refractivity contribution >= 4 is 11.6 Å². The van der Waals surface area contributed by atoms with Gasteiger partial charge in [0.05, 0.1) is 5.02 Å². The van der Waals surface area contributed by atoms with E-state index in [1.54, 1.807) is 6.20 Å². The van der Waals surface area contributed by atoms with Crippen LogP contribution < -0.4 is 0 Å². The Morgan fingerprint density at radius 1 is 1.29 bits per heavy atom. The van der Waals surface area contributed by atoms with Gasteiger partial charge >= 0.3 is 0 Å². The van der Waals surface area contributed by atoms with Gasteiger partial charge in [0.2, 0.25) is 0 Å². The Morgan fingerprint density at radius 3 is 2.57 bits per heavy atom. The molecule has 0 unspecified atom stereocenters. The van der Waals surface area contributed by atoms with Crippen molar-refractivity contribution in [1.82, 2.24) is 9.97 Å². The van der Waals surface area contributed by atoms with E-state index in [1.165, 1.54) is 0 Å². The van der Waals surface area contributed by atoms with Crippen LogP contribution in [0.3, 0.4) is 0 Å². The number of benzene rings is 1. The van der Waals surface area contributed by atoms with Crippen molar-refractivity contribution in [2.24, 2.45) is 0 Å². The first kappa shape index (κ1) is 10.8. The van der Waals surface area contributed by atoms with E-state index in [4.69, 9.17) is 11.6 Å². The first-order valence-corrected chi connectivity index (χ1v) is 4.41. The average molecular weight is 209 g/mol. The van der Waals surface area contributed by atoms with Crippen LogP contribution in [-0.2, 0) is 0 Å². The minimum Gasteiger partial charge on any atom is -0.342 e. The maximum atomic E-state index is 6.01. The summed E-state index contributed by atoms with van der Waals surface area (Å²) in [4.78, 5) is 7.34. The van der Waals surface area contributed by atoms with E-state index >= 15 is 0 Å². The van der Waals surface area contributed by atoms with Crippen molar-refractivity contribution in [3.8, 4) is 11.4 Å². The van der Waals surface area contributed by atoms with E-state index in [1.807, 2.05) is 31.2 Å². The number of rotatable bonds is 1. The van der Waals surface area contributed by atoms with Crippen LogP contribution in [-0.4, -0.2) is 9.97 Å². The predicted molar refractivity (Wildman–Crippen MR) is 60.5 cm³/mol. The summed E-state index contributed by atoms with van der Waals surface area (Å²) in [5.41, 5.74) is 1.98. The highest BCUT2D eigenvalue weighted by molar-refractivity contribution is 6.33. The molecule has 0 bridgehead atoms. The van der Waals surface area contributed by atoms with Gasteiger partial charge < -0.3 is 4.98 Å². The minimum absolute atomic E-state index is 0. The Morgan fingerprint density at radius 2 is 2.00 bits per heavy atom. The van der Waals surface area contributed by atoms with Crippen LogP contribution in [0, 0.1) is 6.92 Å².